The fourth-order valence-electron chi connectivity index (χ4n) is 1.49. The van der Waals surface area contributed by atoms with Crippen molar-refractivity contribution in [3.8, 4) is 0 Å². The van der Waals surface area contributed by atoms with E-state index in [9.17, 15) is 4.79 Å². The predicted octanol–water partition coefficient (Wildman–Crippen LogP) is 0.703. The number of hydrogen-bond donors (Lipinski definition) is 1. The van der Waals surface area contributed by atoms with Crippen LogP contribution in [0.5, 0.6) is 0 Å². The molecule has 0 spiro atoms. The van der Waals surface area contributed by atoms with Crippen LogP contribution in [-0.2, 0) is 14.4 Å². The van der Waals surface area contributed by atoms with E-state index < -0.39 is 11.6 Å². The Morgan fingerprint density at radius 1 is 1.71 bits per heavy atom. The van der Waals surface area contributed by atoms with Gasteiger partial charge in [-0.1, -0.05) is 10.3 Å². The number of nitrogens with zero attached hydrogens (tertiary/aromatic N) is 2. The third-order valence-electron chi connectivity index (χ3n) is 2.38. The van der Waals surface area contributed by atoms with Crippen molar-refractivity contribution in [3.05, 3.63) is 11.8 Å². The zero-order valence-electron chi connectivity index (χ0n) is 9.60. The lowest BCUT2D eigenvalue weighted by Gasteiger charge is -2.18. The molecule has 1 atom stereocenters. The fraction of sp³-hybridized carbons (Fsp3) is 0.500. The molecule has 2 heterocycles. The van der Waals surface area contributed by atoms with Gasteiger partial charge < -0.3 is 19.8 Å². The Labute approximate surface area is 97.5 Å². The number of anilines is 1. The zero-order chi connectivity index (χ0) is 12.5. The number of rotatable bonds is 3. The van der Waals surface area contributed by atoms with Crippen LogP contribution in [0, 0.1) is 0 Å². The summed E-state index contributed by atoms with van der Waals surface area (Å²) < 4.78 is 9.85. The highest BCUT2D eigenvalue weighted by Gasteiger charge is 2.44. The van der Waals surface area contributed by atoms with Crippen molar-refractivity contribution in [2.75, 3.05) is 12.3 Å². The van der Waals surface area contributed by atoms with E-state index in [1.165, 1.54) is 6.07 Å². The molecule has 1 aromatic heterocycles. The minimum atomic E-state index is -1.10. The minimum absolute atomic E-state index is 0.257. The fourth-order valence-corrected chi connectivity index (χ4v) is 1.49. The Balaban J connectivity index is 2.10. The van der Waals surface area contributed by atoms with Gasteiger partial charge in [0.2, 0.25) is 5.60 Å². The normalized spacial score (nSPS) is 23.1. The summed E-state index contributed by atoms with van der Waals surface area (Å²) in [5.41, 5.74) is 4.82. The number of ether oxygens (including phenoxy) is 1. The van der Waals surface area contributed by atoms with Crippen LogP contribution in [0.15, 0.2) is 15.7 Å². The summed E-state index contributed by atoms with van der Waals surface area (Å²) in [6.45, 7) is 3.64. The first kappa shape index (κ1) is 11.4. The number of esters is 1. The van der Waals surface area contributed by atoms with Crippen molar-refractivity contribution >= 4 is 17.5 Å². The van der Waals surface area contributed by atoms with Gasteiger partial charge >= 0.3 is 5.97 Å². The van der Waals surface area contributed by atoms with Crippen LogP contribution in [0.4, 0.5) is 5.82 Å². The third-order valence-corrected chi connectivity index (χ3v) is 2.38. The SMILES string of the molecule is CCOC(=O)C1(C)CC(c2cc(N)no2)=NO1. The predicted molar refractivity (Wildman–Crippen MR) is 58.2 cm³/mol. The van der Waals surface area contributed by atoms with Crippen LogP contribution >= 0.6 is 0 Å². The average Bonchev–Trinajstić information content (AvgIpc) is 2.86. The van der Waals surface area contributed by atoms with Crippen LogP contribution < -0.4 is 5.73 Å². The number of nitrogens with two attached hydrogens (primary N) is 1. The molecule has 0 saturated heterocycles. The number of oxime groups is 1. The molecule has 0 aromatic carbocycles. The summed E-state index contributed by atoms with van der Waals surface area (Å²) in [7, 11) is 0. The maximum absolute atomic E-state index is 11.7. The van der Waals surface area contributed by atoms with Gasteiger partial charge in [-0.2, -0.15) is 0 Å². The molecule has 1 aliphatic heterocycles. The van der Waals surface area contributed by atoms with E-state index in [0.29, 0.717) is 18.1 Å². The second kappa shape index (κ2) is 4.08. The Kier molecular flexibility index (Phi) is 2.74. The average molecular weight is 239 g/mol. The summed E-state index contributed by atoms with van der Waals surface area (Å²) in [6, 6.07) is 1.53. The van der Waals surface area contributed by atoms with Gasteiger partial charge in [-0.25, -0.2) is 4.79 Å². The molecule has 0 saturated carbocycles. The highest BCUT2D eigenvalue weighted by atomic mass is 16.7. The molecule has 7 heteroatoms. The first-order valence-electron chi connectivity index (χ1n) is 5.20. The van der Waals surface area contributed by atoms with E-state index >= 15 is 0 Å². The molecule has 2 N–H and O–H groups in total. The monoisotopic (exact) mass is 239 g/mol. The van der Waals surface area contributed by atoms with Crippen molar-refractivity contribution in [3.63, 3.8) is 0 Å². The van der Waals surface area contributed by atoms with Crippen molar-refractivity contribution < 1.29 is 18.9 Å². The van der Waals surface area contributed by atoms with Gasteiger partial charge in [0.05, 0.1) is 13.0 Å². The minimum Gasteiger partial charge on any atom is -0.463 e. The van der Waals surface area contributed by atoms with E-state index in [1.54, 1.807) is 13.8 Å². The van der Waals surface area contributed by atoms with Crippen molar-refractivity contribution in [1.82, 2.24) is 5.16 Å². The second-order valence-corrected chi connectivity index (χ2v) is 3.87. The standard InChI is InChI=1S/C10H13N3O4/c1-3-15-9(14)10(2)5-6(12-17-10)7-4-8(11)13-16-7/h4H,3,5H2,1-2H3,(H2,11,13). The zero-order valence-corrected chi connectivity index (χ0v) is 9.60. The summed E-state index contributed by atoms with van der Waals surface area (Å²) in [4.78, 5) is 16.8. The van der Waals surface area contributed by atoms with E-state index in [-0.39, 0.29) is 12.2 Å². The van der Waals surface area contributed by atoms with Crippen molar-refractivity contribution in [2.24, 2.45) is 5.16 Å². The van der Waals surface area contributed by atoms with E-state index in [4.69, 9.17) is 19.8 Å². The maximum Gasteiger partial charge on any atom is 0.353 e. The number of carbonyl (C=O) groups excluding carboxylic acids is 1. The van der Waals surface area contributed by atoms with Gasteiger partial charge in [-0.3, -0.25) is 0 Å². The molecule has 0 amide bonds. The van der Waals surface area contributed by atoms with Gasteiger partial charge in [0, 0.05) is 6.07 Å². The van der Waals surface area contributed by atoms with E-state index in [0.717, 1.165) is 0 Å². The summed E-state index contributed by atoms with van der Waals surface area (Å²) in [5.74, 6) is 0.203. The van der Waals surface area contributed by atoms with Gasteiger partial charge in [0.25, 0.3) is 0 Å². The topological polar surface area (TPSA) is 99.9 Å². The molecule has 1 aromatic rings. The quantitative estimate of drug-likeness (QED) is 0.779. The molecule has 92 valence electrons. The molecule has 1 aliphatic rings. The van der Waals surface area contributed by atoms with Gasteiger partial charge in [0.1, 0.15) is 5.71 Å². The molecule has 1 unspecified atom stereocenters. The molecule has 2 rings (SSSR count). The number of aromatic nitrogens is 1. The Hall–Kier alpha value is -2.05. The van der Waals surface area contributed by atoms with Gasteiger partial charge in [0.15, 0.2) is 11.6 Å². The third kappa shape index (κ3) is 2.08. The van der Waals surface area contributed by atoms with E-state index in [1.807, 2.05) is 0 Å². The molecular formula is C10H13N3O4. The molecule has 0 fully saturated rings. The largest absolute Gasteiger partial charge is 0.463 e. The molecule has 17 heavy (non-hydrogen) atoms. The molecule has 0 aliphatic carbocycles. The first-order valence-corrected chi connectivity index (χ1v) is 5.20. The van der Waals surface area contributed by atoms with Crippen LogP contribution in [0.2, 0.25) is 0 Å². The highest BCUT2D eigenvalue weighted by Crippen LogP contribution is 2.28. The lowest BCUT2D eigenvalue weighted by molar-refractivity contribution is -0.166. The maximum atomic E-state index is 11.7. The molecule has 0 radical (unpaired) electrons. The summed E-state index contributed by atoms with van der Waals surface area (Å²) >= 11 is 0. The lowest BCUT2D eigenvalue weighted by atomic mass is 9.99. The van der Waals surface area contributed by atoms with Crippen LogP contribution in [-0.4, -0.2) is 29.0 Å². The van der Waals surface area contributed by atoms with Gasteiger partial charge in [-0.05, 0) is 13.8 Å². The summed E-state index contributed by atoms with van der Waals surface area (Å²) in [6.07, 6.45) is 0.264. The molecule has 7 nitrogen and oxygen atoms in total. The first-order chi connectivity index (χ1) is 8.05. The summed E-state index contributed by atoms with van der Waals surface area (Å²) in [5, 5.41) is 7.34. The molecular weight excluding hydrogens is 226 g/mol. The van der Waals surface area contributed by atoms with Crippen LogP contribution in [0.25, 0.3) is 0 Å². The smallest absolute Gasteiger partial charge is 0.353 e. The number of hydrogen-bond acceptors (Lipinski definition) is 7. The number of nitrogen functional groups attached to an aromatic ring is 1. The Morgan fingerprint density at radius 3 is 3.06 bits per heavy atom. The van der Waals surface area contributed by atoms with Crippen molar-refractivity contribution in [2.45, 2.75) is 25.9 Å². The highest BCUT2D eigenvalue weighted by molar-refractivity contribution is 6.03. The Morgan fingerprint density at radius 2 is 2.47 bits per heavy atom. The van der Waals surface area contributed by atoms with Crippen LogP contribution in [0.3, 0.4) is 0 Å². The van der Waals surface area contributed by atoms with E-state index in [2.05, 4.69) is 10.3 Å². The number of carbonyl (C=O) groups is 1. The molecule has 0 bridgehead atoms. The second-order valence-electron chi connectivity index (χ2n) is 3.87. The lowest BCUT2D eigenvalue weighted by Crippen LogP contribution is -2.37. The Bertz CT molecular complexity index is 468. The van der Waals surface area contributed by atoms with Crippen LogP contribution in [0.1, 0.15) is 26.0 Å². The van der Waals surface area contributed by atoms with Crippen molar-refractivity contribution in [1.29, 1.82) is 0 Å². The van der Waals surface area contributed by atoms with Gasteiger partial charge in [-0.15, -0.1) is 0 Å².